The van der Waals surface area contributed by atoms with Gasteiger partial charge in [0.1, 0.15) is 12.6 Å². The van der Waals surface area contributed by atoms with Crippen LogP contribution >= 0.6 is 0 Å². The van der Waals surface area contributed by atoms with Gasteiger partial charge in [-0.15, -0.1) is 0 Å². The first-order valence-corrected chi connectivity index (χ1v) is 11.6. The van der Waals surface area contributed by atoms with Crippen LogP contribution in [0, 0.1) is 5.92 Å². The zero-order valence-electron chi connectivity index (χ0n) is 19.7. The van der Waals surface area contributed by atoms with E-state index < -0.39 is 24.0 Å². The summed E-state index contributed by atoms with van der Waals surface area (Å²) >= 11 is 0. The summed E-state index contributed by atoms with van der Waals surface area (Å²) in [6, 6.07) is 22.1. The Kier molecular flexibility index (Phi) is 7.15. The fourth-order valence-corrected chi connectivity index (χ4v) is 4.43. The molecule has 1 aliphatic carbocycles. The highest BCUT2D eigenvalue weighted by Gasteiger charge is 2.29. The summed E-state index contributed by atoms with van der Waals surface area (Å²) in [5, 5.41) is 14.5. The molecule has 180 valence electrons. The summed E-state index contributed by atoms with van der Waals surface area (Å²) < 4.78 is 5.58. The van der Waals surface area contributed by atoms with Gasteiger partial charge in [0, 0.05) is 11.6 Å². The smallest absolute Gasteiger partial charge is 0.411 e. The first kappa shape index (κ1) is 24.0. The Morgan fingerprint density at radius 1 is 0.914 bits per heavy atom. The molecular weight excluding hydrogens is 444 g/mol. The van der Waals surface area contributed by atoms with Crippen LogP contribution in [0.15, 0.2) is 72.8 Å². The number of carbonyl (C=O) groups is 3. The molecule has 0 aromatic heterocycles. The Labute approximate surface area is 204 Å². The van der Waals surface area contributed by atoms with Crippen LogP contribution in [0.4, 0.5) is 10.5 Å². The van der Waals surface area contributed by atoms with E-state index in [2.05, 4.69) is 34.9 Å². The highest BCUT2D eigenvalue weighted by atomic mass is 16.5. The van der Waals surface area contributed by atoms with Gasteiger partial charge < -0.3 is 15.2 Å². The maximum Gasteiger partial charge on any atom is 0.411 e. The van der Waals surface area contributed by atoms with E-state index >= 15 is 0 Å². The van der Waals surface area contributed by atoms with E-state index in [4.69, 9.17) is 4.74 Å². The Bertz CT molecular complexity index is 1210. The maximum atomic E-state index is 12.5. The third-order valence-electron chi connectivity index (χ3n) is 6.13. The number of benzene rings is 3. The number of hydrogen-bond acceptors (Lipinski definition) is 4. The molecular formula is C28H28N2O5. The van der Waals surface area contributed by atoms with Crippen LogP contribution in [0.5, 0.6) is 0 Å². The molecule has 3 aromatic carbocycles. The molecule has 3 N–H and O–H groups in total. The topological polar surface area (TPSA) is 105 Å². The highest BCUT2D eigenvalue weighted by Crippen LogP contribution is 2.44. The van der Waals surface area contributed by atoms with E-state index in [1.165, 1.54) is 0 Å². The number of hydrogen-bond donors (Lipinski definition) is 3. The molecule has 0 saturated heterocycles. The fourth-order valence-electron chi connectivity index (χ4n) is 4.43. The predicted molar refractivity (Wildman–Crippen MR) is 133 cm³/mol. The van der Waals surface area contributed by atoms with Crippen molar-refractivity contribution in [1.82, 2.24) is 5.32 Å². The van der Waals surface area contributed by atoms with Gasteiger partial charge in [0.2, 0.25) is 5.91 Å². The van der Waals surface area contributed by atoms with Gasteiger partial charge in [-0.3, -0.25) is 10.1 Å². The maximum absolute atomic E-state index is 12.5. The van der Waals surface area contributed by atoms with Gasteiger partial charge in [-0.1, -0.05) is 74.5 Å². The molecule has 0 radical (unpaired) electrons. The Balaban J connectivity index is 1.36. The number of fused-ring (bicyclic) bond motifs is 3. The number of rotatable bonds is 8. The third-order valence-corrected chi connectivity index (χ3v) is 6.13. The van der Waals surface area contributed by atoms with Crippen molar-refractivity contribution in [3.63, 3.8) is 0 Å². The van der Waals surface area contributed by atoms with Gasteiger partial charge >= 0.3 is 12.1 Å². The Morgan fingerprint density at radius 3 is 2.14 bits per heavy atom. The number of ether oxygens (including phenoxy) is 1. The van der Waals surface area contributed by atoms with Gasteiger partial charge in [0.25, 0.3) is 0 Å². The summed E-state index contributed by atoms with van der Waals surface area (Å²) in [4.78, 5) is 36.2. The van der Waals surface area contributed by atoms with Crippen molar-refractivity contribution in [3.05, 3.63) is 89.5 Å². The van der Waals surface area contributed by atoms with Gasteiger partial charge in [-0.05, 0) is 45.9 Å². The van der Waals surface area contributed by atoms with Crippen LogP contribution < -0.4 is 10.6 Å². The molecule has 3 aromatic rings. The monoisotopic (exact) mass is 472 g/mol. The summed E-state index contributed by atoms with van der Waals surface area (Å²) in [6.07, 6.45) is -0.587. The second-order valence-electron chi connectivity index (χ2n) is 8.96. The van der Waals surface area contributed by atoms with Crippen molar-refractivity contribution in [2.75, 3.05) is 11.9 Å². The van der Waals surface area contributed by atoms with Crippen LogP contribution in [0.3, 0.4) is 0 Å². The molecule has 7 nitrogen and oxygen atoms in total. The third kappa shape index (κ3) is 5.51. The summed E-state index contributed by atoms with van der Waals surface area (Å²) in [6.45, 7) is 3.67. The summed E-state index contributed by atoms with van der Waals surface area (Å²) in [7, 11) is 0. The minimum Gasteiger partial charge on any atom is -0.480 e. The van der Waals surface area contributed by atoms with Crippen LogP contribution in [-0.2, 0) is 20.7 Å². The molecule has 4 rings (SSSR count). The zero-order chi connectivity index (χ0) is 24.9. The molecule has 1 aliphatic rings. The van der Waals surface area contributed by atoms with E-state index in [1.54, 1.807) is 38.1 Å². The van der Waals surface area contributed by atoms with Crippen molar-refractivity contribution < 1.29 is 24.2 Å². The Hall–Kier alpha value is -4.13. The van der Waals surface area contributed by atoms with Crippen molar-refractivity contribution in [3.8, 4) is 11.1 Å². The van der Waals surface area contributed by atoms with E-state index in [9.17, 15) is 19.5 Å². The lowest BCUT2D eigenvalue weighted by Crippen LogP contribution is -2.44. The van der Waals surface area contributed by atoms with Crippen molar-refractivity contribution in [2.24, 2.45) is 5.92 Å². The number of amides is 2. The lowest BCUT2D eigenvalue weighted by molar-refractivity contribution is -0.143. The minimum absolute atomic E-state index is 0.00326. The molecule has 35 heavy (non-hydrogen) atoms. The molecule has 0 aliphatic heterocycles. The average molecular weight is 473 g/mol. The van der Waals surface area contributed by atoms with E-state index in [-0.39, 0.29) is 24.9 Å². The standard InChI is InChI=1S/C28H28N2O5/c1-17(2)26(27(32)33)30-25(31)15-18-8-7-9-19(14-18)29-28(34)35-16-24-22-12-5-3-10-20(22)21-11-4-6-13-23(21)24/h3-14,17,24,26H,15-16H2,1-2H3,(H,29,34)(H,30,31)(H,32,33)/t26-/m1/s1. The van der Waals surface area contributed by atoms with Crippen molar-refractivity contribution >= 4 is 23.7 Å². The van der Waals surface area contributed by atoms with Crippen molar-refractivity contribution in [2.45, 2.75) is 32.2 Å². The summed E-state index contributed by atoms with van der Waals surface area (Å²) in [5.74, 6) is -1.74. The van der Waals surface area contributed by atoms with E-state index in [1.807, 2.05) is 24.3 Å². The van der Waals surface area contributed by atoms with Crippen LogP contribution in [-0.4, -0.2) is 35.7 Å². The van der Waals surface area contributed by atoms with Crippen LogP contribution in [0.1, 0.15) is 36.5 Å². The predicted octanol–water partition coefficient (Wildman–Crippen LogP) is 4.82. The average Bonchev–Trinajstić information content (AvgIpc) is 3.15. The molecule has 0 fully saturated rings. The number of carboxylic acid groups (broad SMARTS) is 1. The van der Waals surface area contributed by atoms with Gasteiger partial charge in [0.15, 0.2) is 0 Å². The molecule has 2 amide bonds. The summed E-state index contributed by atoms with van der Waals surface area (Å²) in [5.41, 5.74) is 5.72. The first-order chi connectivity index (χ1) is 16.8. The van der Waals surface area contributed by atoms with E-state index in [0.717, 1.165) is 22.3 Å². The quantitative estimate of drug-likeness (QED) is 0.436. The molecule has 0 unspecified atom stereocenters. The number of carbonyl (C=O) groups excluding carboxylic acids is 2. The first-order valence-electron chi connectivity index (χ1n) is 11.6. The minimum atomic E-state index is -1.07. The Morgan fingerprint density at radius 2 is 1.54 bits per heavy atom. The molecule has 0 spiro atoms. The second kappa shape index (κ2) is 10.4. The van der Waals surface area contributed by atoms with Gasteiger partial charge in [0.05, 0.1) is 6.42 Å². The number of nitrogens with one attached hydrogen (secondary N) is 2. The van der Waals surface area contributed by atoms with Crippen molar-refractivity contribution in [1.29, 1.82) is 0 Å². The number of aliphatic carboxylic acids is 1. The van der Waals surface area contributed by atoms with E-state index in [0.29, 0.717) is 11.3 Å². The molecule has 0 heterocycles. The SMILES string of the molecule is CC(C)[C@@H](NC(=O)Cc1cccc(NC(=O)OCC2c3ccccc3-c3ccccc32)c1)C(=O)O. The highest BCUT2D eigenvalue weighted by molar-refractivity contribution is 5.87. The van der Waals surface area contributed by atoms with Gasteiger partial charge in [-0.2, -0.15) is 0 Å². The molecule has 1 atom stereocenters. The molecule has 0 bridgehead atoms. The normalized spacial score (nSPS) is 13.0. The largest absolute Gasteiger partial charge is 0.480 e. The second-order valence-corrected chi connectivity index (χ2v) is 8.96. The van der Waals surface area contributed by atoms with Crippen LogP contribution in [0.2, 0.25) is 0 Å². The lowest BCUT2D eigenvalue weighted by atomic mass is 9.98. The number of carboxylic acids is 1. The molecule has 0 saturated carbocycles. The lowest BCUT2D eigenvalue weighted by Gasteiger charge is -2.18. The zero-order valence-corrected chi connectivity index (χ0v) is 19.7. The fraction of sp³-hybridized carbons (Fsp3) is 0.250. The van der Waals surface area contributed by atoms with Gasteiger partial charge in [-0.25, -0.2) is 9.59 Å². The number of anilines is 1. The molecule has 7 heteroatoms. The van der Waals surface area contributed by atoms with Crippen LogP contribution in [0.25, 0.3) is 11.1 Å².